The van der Waals surface area contributed by atoms with Gasteiger partial charge in [0.05, 0.1) is 46.5 Å². The first-order chi connectivity index (χ1) is 21.4. The molecule has 0 bridgehead atoms. The van der Waals surface area contributed by atoms with Crippen LogP contribution >= 0.6 is 23.2 Å². The normalized spacial score (nSPS) is 14.5. The second-order valence-corrected chi connectivity index (χ2v) is 11.0. The Hall–Kier alpha value is -3.80. The summed E-state index contributed by atoms with van der Waals surface area (Å²) < 4.78 is 20.8. The summed E-state index contributed by atoms with van der Waals surface area (Å²) in [5, 5.41) is 22.1. The summed E-state index contributed by atoms with van der Waals surface area (Å²) in [5.74, 6) is 0.127. The molecule has 4 aromatic rings. The Labute approximate surface area is 265 Å². The molecule has 0 unspecified atom stereocenters. The Morgan fingerprint density at radius 1 is 1.00 bits per heavy atom. The molecule has 2 aromatic carbocycles. The van der Waals surface area contributed by atoms with Crippen LogP contribution in [0, 0.1) is 5.82 Å². The number of pyridine rings is 2. The van der Waals surface area contributed by atoms with E-state index in [9.17, 15) is 4.79 Å². The number of anilines is 2. The molecule has 5 rings (SSSR count). The van der Waals surface area contributed by atoms with Crippen LogP contribution in [0.5, 0.6) is 5.88 Å². The standard InChI is InChI=1S/C32H33Cl2FN6O3/c1-44-32-20(17-37-18-21-9-11-27(43)39-21)8-10-24(41-32)22-12-13-38-31(29(22)34)23-5-3-6-25(28(23)33)40-26-7-2-4-19(30(26)35)16-36-14-15-42/h2-8,10,12-13,21,36-37,40,42H,9,11,14-18H2,1H3,(H,39,43)/t21-/m1/s1. The molecule has 0 saturated carbocycles. The van der Waals surface area contributed by atoms with E-state index in [-0.39, 0.29) is 30.8 Å². The summed E-state index contributed by atoms with van der Waals surface area (Å²) in [7, 11) is 1.56. The molecular formula is C32H33Cl2FN6O3. The smallest absolute Gasteiger partial charge is 0.220 e. The zero-order chi connectivity index (χ0) is 31.1. The maximum Gasteiger partial charge on any atom is 0.220 e. The second kappa shape index (κ2) is 14.8. The summed E-state index contributed by atoms with van der Waals surface area (Å²) in [6.45, 7) is 1.79. The first-order valence-corrected chi connectivity index (χ1v) is 15.0. The molecule has 0 radical (unpaired) electrons. The fourth-order valence-corrected chi connectivity index (χ4v) is 5.62. The molecule has 1 saturated heterocycles. The van der Waals surface area contributed by atoms with Crippen molar-refractivity contribution in [2.75, 3.05) is 32.1 Å². The van der Waals surface area contributed by atoms with E-state index in [1.165, 1.54) is 0 Å². The van der Waals surface area contributed by atoms with Crippen molar-refractivity contribution in [1.29, 1.82) is 0 Å². The minimum Gasteiger partial charge on any atom is -0.481 e. The van der Waals surface area contributed by atoms with Crippen molar-refractivity contribution in [2.45, 2.75) is 32.0 Å². The highest BCUT2D eigenvalue weighted by molar-refractivity contribution is 6.39. The fourth-order valence-electron chi connectivity index (χ4n) is 5.04. The molecule has 0 spiro atoms. The van der Waals surface area contributed by atoms with E-state index in [1.54, 1.807) is 55.8 Å². The van der Waals surface area contributed by atoms with Crippen LogP contribution in [0.2, 0.25) is 10.0 Å². The van der Waals surface area contributed by atoms with Gasteiger partial charge in [0.1, 0.15) is 0 Å². The van der Waals surface area contributed by atoms with Crippen molar-refractivity contribution in [2.24, 2.45) is 0 Å². The molecule has 1 amide bonds. The molecule has 0 aliphatic carbocycles. The van der Waals surface area contributed by atoms with Gasteiger partial charge in [0.2, 0.25) is 11.8 Å². The molecule has 2 aromatic heterocycles. The van der Waals surface area contributed by atoms with Gasteiger partial charge in [0.25, 0.3) is 0 Å². The minimum atomic E-state index is -0.415. The van der Waals surface area contributed by atoms with E-state index >= 15 is 4.39 Å². The Bertz CT molecular complexity index is 1640. The Balaban J connectivity index is 1.37. The highest BCUT2D eigenvalue weighted by atomic mass is 35.5. The molecular weight excluding hydrogens is 606 g/mol. The number of hydrogen-bond acceptors (Lipinski definition) is 8. The number of amides is 1. The predicted molar refractivity (Wildman–Crippen MR) is 171 cm³/mol. The van der Waals surface area contributed by atoms with Gasteiger partial charge in [-0.1, -0.05) is 53.5 Å². The van der Waals surface area contributed by atoms with Gasteiger partial charge in [-0.05, 0) is 30.7 Å². The van der Waals surface area contributed by atoms with E-state index < -0.39 is 5.82 Å². The molecule has 1 aliphatic heterocycles. The molecule has 1 fully saturated rings. The topological polar surface area (TPSA) is 120 Å². The number of rotatable bonds is 13. The molecule has 44 heavy (non-hydrogen) atoms. The summed E-state index contributed by atoms with van der Waals surface area (Å²) in [6.07, 6.45) is 3.01. The van der Waals surface area contributed by atoms with Crippen LogP contribution in [0.15, 0.2) is 60.8 Å². The lowest BCUT2D eigenvalue weighted by Crippen LogP contribution is -2.35. The van der Waals surface area contributed by atoms with Gasteiger partial charge >= 0.3 is 0 Å². The molecule has 12 heteroatoms. The minimum absolute atomic E-state index is 0.0323. The molecule has 1 aliphatic rings. The van der Waals surface area contributed by atoms with Crippen molar-refractivity contribution in [3.8, 4) is 28.4 Å². The molecule has 230 valence electrons. The lowest BCUT2D eigenvalue weighted by molar-refractivity contribution is -0.119. The van der Waals surface area contributed by atoms with Crippen LogP contribution in [-0.4, -0.2) is 53.8 Å². The number of aliphatic hydroxyl groups excluding tert-OH is 1. The van der Waals surface area contributed by atoms with Gasteiger partial charge in [-0.2, -0.15) is 0 Å². The number of nitrogens with zero attached hydrogens (tertiary/aromatic N) is 2. The van der Waals surface area contributed by atoms with Crippen LogP contribution < -0.4 is 26.0 Å². The lowest BCUT2D eigenvalue weighted by Gasteiger charge is -2.16. The van der Waals surface area contributed by atoms with E-state index in [4.69, 9.17) is 38.0 Å². The van der Waals surface area contributed by atoms with Crippen LogP contribution in [0.4, 0.5) is 15.8 Å². The monoisotopic (exact) mass is 638 g/mol. The van der Waals surface area contributed by atoms with Crippen molar-refractivity contribution >= 4 is 40.5 Å². The number of nitrogens with one attached hydrogen (secondary N) is 4. The number of methoxy groups -OCH3 is 1. The molecule has 3 heterocycles. The van der Waals surface area contributed by atoms with E-state index in [1.807, 2.05) is 12.1 Å². The van der Waals surface area contributed by atoms with E-state index in [0.717, 1.165) is 12.0 Å². The van der Waals surface area contributed by atoms with E-state index in [0.29, 0.717) is 75.7 Å². The third-order valence-corrected chi connectivity index (χ3v) is 8.08. The number of halogens is 3. The second-order valence-electron chi connectivity index (χ2n) is 10.3. The number of aromatic nitrogens is 2. The maximum atomic E-state index is 15.2. The van der Waals surface area contributed by atoms with Gasteiger partial charge in [0, 0.05) is 67.1 Å². The lowest BCUT2D eigenvalue weighted by atomic mass is 10.0. The first kappa shape index (κ1) is 31.6. The van der Waals surface area contributed by atoms with Crippen molar-refractivity contribution in [3.63, 3.8) is 0 Å². The Morgan fingerprint density at radius 3 is 2.57 bits per heavy atom. The average Bonchev–Trinajstić information content (AvgIpc) is 3.45. The quantitative estimate of drug-likeness (QED) is 0.123. The van der Waals surface area contributed by atoms with Crippen molar-refractivity contribution in [1.82, 2.24) is 25.9 Å². The molecule has 9 nitrogen and oxygen atoms in total. The maximum absolute atomic E-state index is 15.2. The van der Waals surface area contributed by atoms with E-state index in [2.05, 4.69) is 26.3 Å². The van der Waals surface area contributed by atoms with Crippen LogP contribution in [0.1, 0.15) is 24.0 Å². The Kier molecular flexibility index (Phi) is 10.6. The van der Waals surface area contributed by atoms with Gasteiger partial charge in [-0.15, -0.1) is 0 Å². The summed E-state index contributed by atoms with van der Waals surface area (Å²) in [5.41, 5.74) is 4.34. The number of ether oxygens (including phenoxy) is 1. The molecule has 1 atom stereocenters. The number of benzene rings is 2. The van der Waals surface area contributed by atoms with Gasteiger partial charge in [-0.3, -0.25) is 9.78 Å². The SMILES string of the molecule is COc1nc(-c2ccnc(-c3cccc(Nc4cccc(CNCCO)c4F)c3Cl)c2Cl)ccc1CNC[C@H]1CCC(=O)N1. The van der Waals surface area contributed by atoms with Gasteiger partial charge in [-0.25, -0.2) is 9.37 Å². The number of aliphatic hydroxyl groups is 1. The first-order valence-electron chi connectivity index (χ1n) is 14.2. The molecule has 5 N–H and O–H groups in total. The third kappa shape index (κ3) is 7.28. The Morgan fingerprint density at radius 2 is 1.80 bits per heavy atom. The average molecular weight is 640 g/mol. The van der Waals surface area contributed by atoms with Crippen molar-refractivity contribution in [3.05, 3.63) is 87.8 Å². The van der Waals surface area contributed by atoms with Gasteiger partial charge < -0.3 is 31.1 Å². The van der Waals surface area contributed by atoms with Gasteiger partial charge in [0.15, 0.2) is 5.82 Å². The highest BCUT2D eigenvalue weighted by Crippen LogP contribution is 2.41. The predicted octanol–water partition coefficient (Wildman–Crippen LogP) is 5.46. The largest absolute Gasteiger partial charge is 0.481 e. The summed E-state index contributed by atoms with van der Waals surface area (Å²) >= 11 is 13.8. The summed E-state index contributed by atoms with van der Waals surface area (Å²) in [4.78, 5) is 20.7. The number of carbonyl (C=O) groups excluding carboxylic acids is 1. The number of hydrogen-bond donors (Lipinski definition) is 5. The third-order valence-electron chi connectivity index (χ3n) is 7.29. The zero-order valence-corrected chi connectivity index (χ0v) is 25.6. The number of carbonyl (C=O) groups is 1. The highest BCUT2D eigenvalue weighted by Gasteiger charge is 2.21. The van der Waals surface area contributed by atoms with Crippen LogP contribution in [-0.2, 0) is 17.9 Å². The zero-order valence-electron chi connectivity index (χ0n) is 24.1. The van der Waals surface area contributed by atoms with Crippen molar-refractivity contribution < 1.29 is 19.0 Å². The fraction of sp³-hybridized carbons (Fsp3) is 0.281. The van der Waals surface area contributed by atoms with Crippen LogP contribution in [0.3, 0.4) is 0 Å². The summed E-state index contributed by atoms with van der Waals surface area (Å²) in [6, 6.07) is 16.1. The van der Waals surface area contributed by atoms with Crippen LogP contribution in [0.25, 0.3) is 22.5 Å².